The maximum absolute atomic E-state index is 12.6. The van der Waals surface area contributed by atoms with Crippen molar-refractivity contribution < 1.29 is 84.6 Å². The van der Waals surface area contributed by atoms with Crippen molar-refractivity contribution in [1.29, 1.82) is 0 Å². The number of aliphatic carboxylic acids is 2. The summed E-state index contributed by atoms with van der Waals surface area (Å²) in [6, 6.07) is 0. The Labute approximate surface area is 441 Å². The number of carbonyl (C=O) groups excluding carboxylic acids is 4. The van der Waals surface area contributed by atoms with Crippen molar-refractivity contribution in [3.8, 4) is 0 Å². The maximum Gasteiger partial charge on any atom is 0.344 e. The minimum absolute atomic E-state index is 0.132. The summed E-state index contributed by atoms with van der Waals surface area (Å²) in [5.74, 6) is -4.96. The lowest BCUT2D eigenvalue weighted by Crippen LogP contribution is -2.37. The smallest absolute Gasteiger partial charge is 0.344 e. The Bertz CT molecular complexity index is 1680. The fraction of sp³-hybridized carbons (Fsp3) is 0.471. The lowest BCUT2D eigenvalue weighted by molar-refractivity contribution is -0.163. The highest BCUT2D eigenvalue weighted by Gasteiger charge is 2.30. The van der Waals surface area contributed by atoms with E-state index in [9.17, 15) is 49.2 Å². The Morgan fingerprint density at radius 3 is 0.794 bits per heavy atom. The Morgan fingerprint density at radius 1 is 0.460 bits per heavy atom. The summed E-state index contributed by atoms with van der Waals surface area (Å²) in [7, 11) is 4.36. The van der Waals surface area contributed by atoms with Gasteiger partial charge in [-0.3, -0.25) is 19.2 Å². The molecule has 0 heterocycles. The highest BCUT2D eigenvalue weighted by atomic mass is 127. The molecule has 2 aromatic carbocycles. The first-order chi connectivity index (χ1) is 29.5. The molecule has 4 amide bonds. The molecule has 0 bridgehead atoms. The van der Waals surface area contributed by atoms with Gasteiger partial charge in [0.25, 0.3) is 29.7 Å². The zero-order valence-corrected chi connectivity index (χ0v) is 46.1. The molecule has 0 saturated heterocycles. The number of benzene rings is 2. The fourth-order valence-corrected chi connectivity index (χ4v) is 13.7. The van der Waals surface area contributed by atoms with Crippen LogP contribution in [0.1, 0.15) is 41.4 Å². The van der Waals surface area contributed by atoms with Crippen molar-refractivity contribution in [3.05, 3.63) is 43.7 Å². The summed E-state index contributed by atoms with van der Waals surface area (Å²) in [5, 5.41) is 105. The van der Waals surface area contributed by atoms with E-state index in [1.165, 1.54) is 0 Å². The molecule has 0 aliphatic rings. The van der Waals surface area contributed by atoms with Crippen molar-refractivity contribution in [3.63, 3.8) is 0 Å². The minimum Gasteiger partial charge on any atom is -0.479 e. The quantitative estimate of drug-likeness (QED) is 0.0504. The third-order valence-corrected chi connectivity index (χ3v) is 14.0. The molecule has 63 heavy (non-hydrogen) atoms. The van der Waals surface area contributed by atoms with Crippen molar-refractivity contribution >= 4 is 182 Å². The predicted molar refractivity (Wildman–Crippen MR) is 276 cm³/mol. The molecular weight excluding hydrogens is 1530 g/mol. The topological polar surface area (TPSA) is 386 Å². The number of amides is 4. The number of nitrogens with one attached hydrogen (secondary N) is 6. The van der Waals surface area contributed by atoms with E-state index < -0.39 is 92.5 Å². The Hall–Kier alpha value is -1.12. The van der Waals surface area contributed by atoms with Crippen LogP contribution in [0.4, 0.5) is 11.4 Å². The molecule has 0 fully saturated rings. The monoisotopic (exact) mass is 1570 g/mol. The molecule has 0 aliphatic heterocycles. The van der Waals surface area contributed by atoms with E-state index >= 15 is 0 Å². The third-order valence-electron chi connectivity index (χ3n) is 7.56. The van der Waals surface area contributed by atoms with E-state index in [4.69, 9.17) is 30.6 Å². The Balaban J connectivity index is 0.00000102. The van der Waals surface area contributed by atoms with Crippen LogP contribution in [0.25, 0.3) is 0 Å². The van der Waals surface area contributed by atoms with Crippen LogP contribution >= 0.6 is 136 Å². The summed E-state index contributed by atoms with van der Waals surface area (Å²) in [6.07, 6.45) is -6.08. The summed E-state index contributed by atoms with van der Waals surface area (Å²) in [5.41, 5.74) is 2.24. The molecule has 356 valence electrons. The number of ether oxygens (including phenoxy) is 1. The van der Waals surface area contributed by atoms with Crippen molar-refractivity contribution in [1.82, 2.24) is 21.3 Å². The van der Waals surface area contributed by atoms with Crippen LogP contribution in [0.3, 0.4) is 0 Å². The fourth-order valence-electron chi connectivity index (χ4n) is 4.33. The van der Waals surface area contributed by atoms with Gasteiger partial charge in [-0.25, -0.2) is 9.59 Å². The molecule has 0 radical (unpaired) electrons. The first-order valence-corrected chi connectivity index (χ1v) is 24.0. The Kier molecular flexibility index (Phi) is 31.2. The zero-order chi connectivity index (χ0) is 48.9. The average molecular weight is 1570 g/mol. The number of hydrogen-bond acceptors (Lipinski definition) is 17. The van der Waals surface area contributed by atoms with Gasteiger partial charge < -0.3 is 87.7 Å². The molecule has 0 spiro atoms. The van der Waals surface area contributed by atoms with Gasteiger partial charge >= 0.3 is 11.9 Å². The van der Waals surface area contributed by atoms with Gasteiger partial charge in [-0.1, -0.05) is 0 Å². The SMILES string of the molecule is CNc1c(I)c(C(=O)NCC(O)CO)c(I)c(C(=O)NCC(O)CO)c1I.CNc1c(I)c(C(=O)NCC(O)CO)c(I)c(C(=O)NCC(O)CO)c1I.COC(C(=O)O)C(=O)O. The first kappa shape index (κ1) is 61.9. The number of carbonyl (C=O) groups is 6. The largest absolute Gasteiger partial charge is 0.479 e. The van der Waals surface area contributed by atoms with E-state index in [0.29, 0.717) is 32.8 Å². The average Bonchev–Trinajstić information content (AvgIpc) is 3.23. The van der Waals surface area contributed by atoms with Gasteiger partial charge in [0.15, 0.2) is 0 Å². The van der Waals surface area contributed by atoms with Gasteiger partial charge in [-0.15, -0.1) is 0 Å². The van der Waals surface area contributed by atoms with E-state index in [0.717, 1.165) is 7.11 Å². The van der Waals surface area contributed by atoms with Crippen LogP contribution < -0.4 is 31.9 Å². The highest BCUT2D eigenvalue weighted by Crippen LogP contribution is 2.36. The van der Waals surface area contributed by atoms with E-state index in [1.807, 2.05) is 136 Å². The van der Waals surface area contributed by atoms with Crippen molar-refractivity contribution in [2.75, 3.05) is 84.4 Å². The van der Waals surface area contributed by atoms with E-state index in [2.05, 4.69) is 36.6 Å². The Morgan fingerprint density at radius 2 is 0.667 bits per heavy atom. The van der Waals surface area contributed by atoms with Crippen LogP contribution in [-0.4, -0.2) is 191 Å². The number of halogens is 6. The third kappa shape index (κ3) is 19.2. The van der Waals surface area contributed by atoms with E-state index in [1.54, 1.807) is 14.1 Å². The van der Waals surface area contributed by atoms with E-state index in [-0.39, 0.29) is 48.4 Å². The normalized spacial score (nSPS) is 12.5. The van der Waals surface area contributed by atoms with Gasteiger partial charge in [0.1, 0.15) is 0 Å². The molecule has 16 N–H and O–H groups in total. The second-order valence-electron chi connectivity index (χ2n) is 12.1. The van der Waals surface area contributed by atoms with Gasteiger partial charge in [-0.05, 0) is 136 Å². The van der Waals surface area contributed by atoms with Crippen LogP contribution in [0.15, 0.2) is 0 Å². The van der Waals surface area contributed by atoms with Crippen LogP contribution in [0.5, 0.6) is 0 Å². The number of anilines is 2. The maximum atomic E-state index is 12.6. The van der Waals surface area contributed by atoms with Crippen molar-refractivity contribution in [2.45, 2.75) is 30.5 Å². The molecule has 4 unspecified atom stereocenters. The molecule has 0 saturated carbocycles. The molecule has 29 heteroatoms. The number of aliphatic hydroxyl groups is 8. The van der Waals surface area contributed by atoms with Crippen molar-refractivity contribution in [2.24, 2.45) is 0 Å². The van der Waals surface area contributed by atoms with Crippen LogP contribution in [0.2, 0.25) is 0 Å². The molecule has 2 rings (SSSR count). The first-order valence-electron chi connectivity index (χ1n) is 17.5. The standard InChI is InChI=1S/2C15H20I3N3O6.C4H6O5/c2*1-19-13-11(17)8(14(26)20-2-6(24)4-22)10(16)9(12(13)18)15(27)21-3-7(25)5-23;1-9-2(3(5)6)4(7)8/h2*6-7,19,22-25H,2-5H2,1H3,(H,20,26)(H,21,27);2H,1H3,(H,5,6)(H,7,8). The number of aliphatic hydroxyl groups excluding tert-OH is 8. The van der Waals surface area contributed by atoms with Gasteiger partial charge in [-0.2, -0.15) is 0 Å². The second kappa shape index (κ2) is 31.8. The lowest BCUT2D eigenvalue weighted by atomic mass is 10.1. The molecular formula is C34H46I6N6O17. The zero-order valence-electron chi connectivity index (χ0n) is 33.1. The predicted octanol–water partition coefficient (Wildman–Crippen LogP) is -1.41. The number of hydrogen-bond donors (Lipinski definition) is 16. The van der Waals surface area contributed by atoms with Gasteiger partial charge in [0.2, 0.25) is 0 Å². The molecule has 0 aromatic heterocycles. The van der Waals surface area contributed by atoms with Gasteiger partial charge in [0, 0.05) is 54.5 Å². The van der Waals surface area contributed by atoms with Gasteiger partial charge in [0.05, 0.1) is 98.8 Å². The summed E-state index contributed by atoms with van der Waals surface area (Å²) >= 11 is 11.8. The second-order valence-corrected chi connectivity index (χ2v) is 18.6. The summed E-state index contributed by atoms with van der Waals surface area (Å²) in [6.45, 7) is -2.46. The lowest BCUT2D eigenvalue weighted by Gasteiger charge is -2.19. The number of rotatable bonds is 21. The molecule has 4 atom stereocenters. The summed E-state index contributed by atoms with van der Waals surface area (Å²) < 4.78 is 7.31. The number of methoxy groups -OCH3 is 1. The number of carboxylic acids is 2. The van der Waals surface area contributed by atoms with Crippen LogP contribution in [-0.2, 0) is 14.3 Å². The van der Waals surface area contributed by atoms with Crippen LogP contribution in [0, 0.1) is 21.4 Å². The molecule has 23 nitrogen and oxygen atoms in total. The minimum atomic E-state index is -1.75. The molecule has 2 aromatic rings. The summed E-state index contributed by atoms with van der Waals surface area (Å²) in [4.78, 5) is 70.2. The number of carboxylic acid groups (broad SMARTS) is 2. The molecule has 0 aliphatic carbocycles. The highest BCUT2D eigenvalue weighted by molar-refractivity contribution is 14.1.